The minimum atomic E-state index is -1.04. The molecule has 130 heavy (non-hydrogen) atoms. The molecule has 8 saturated heterocycles. The maximum atomic E-state index is 14.5. The summed E-state index contributed by atoms with van der Waals surface area (Å²) in [6.07, 6.45) is 23.5. The number of aromatic nitrogens is 6. The van der Waals surface area contributed by atoms with Crippen molar-refractivity contribution in [1.82, 2.24) is 71.2 Å². The molecule has 15 rings (SSSR count). The van der Waals surface area contributed by atoms with Crippen LogP contribution >= 0.6 is 11.8 Å². The number of imide groups is 3. The molecule has 35 heteroatoms. The van der Waals surface area contributed by atoms with Crippen LogP contribution in [0.5, 0.6) is 0 Å². The topological polar surface area (TPSA) is 401 Å². The van der Waals surface area contributed by atoms with Crippen LogP contribution in [-0.4, -0.2) is 276 Å². The fraction of sp³-hybridized carbons (Fsp3) is 0.432. The van der Waals surface area contributed by atoms with Crippen molar-refractivity contribution in [2.45, 2.75) is 106 Å². The number of benzene rings is 1. The van der Waals surface area contributed by atoms with E-state index in [1.807, 2.05) is 147 Å². The Labute approximate surface area is 773 Å². The van der Waals surface area contributed by atoms with Gasteiger partial charge in [-0.2, -0.15) is 11.8 Å². The third kappa shape index (κ3) is 28.1. The van der Waals surface area contributed by atoms with Crippen LogP contribution in [0.2, 0.25) is 0 Å². The minimum absolute atomic E-state index is 0. The molecular formula is C95H112N14O19RuS. The number of urea groups is 1. The molecule has 15 unspecified atom stereocenters. The Morgan fingerprint density at radius 3 is 1.32 bits per heavy atom. The second-order valence-electron chi connectivity index (χ2n) is 31.2. The molecule has 8 aliphatic heterocycles. The van der Waals surface area contributed by atoms with Gasteiger partial charge in [0.25, 0.3) is 5.91 Å². The van der Waals surface area contributed by atoms with E-state index in [-0.39, 0.29) is 153 Å². The van der Waals surface area contributed by atoms with Gasteiger partial charge in [0.05, 0.1) is 186 Å². The third-order valence-corrected chi connectivity index (χ3v) is 24.1. The fourth-order valence-electron chi connectivity index (χ4n) is 16.1. The van der Waals surface area contributed by atoms with E-state index in [4.69, 9.17) is 42.6 Å². The van der Waals surface area contributed by atoms with Crippen molar-refractivity contribution in [3.8, 4) is 22.8 Å². The zero-order valence-electron chi connectivity index (χ0n) is 72.7. The van der Waals surface area contributed by atoms with E-state index in [2.05, 4.69) is 63.1 Å². The number of carbonyl (C=O) groups is 10. The average Bonchev–Trinajstić information content (AvgIpc) is 1.59. The average molecular weight is 1890 g/mol. The summed E-state index contributed by atoms with van der Waals surface area (Å²) >= 11 is 1.86. The second kappa shape index (κ2) is 52.5. The van der Waals surface area contributed by atoms with Crippen molar-refractivity contribution in [3.05, 3.63) is 237 Å². The van der Waals surface area contributed by atoms with Gasteiger partial charge in [-0.05, 0) is 110 Å². The molecule has 0 aliphatic carbocycles. The first kappa shape index (κ1) is 99.2. The van der Waals surface area contributed by atoms with Crippen molar-refractivity contribution >= 4 is 77.2 Å². The molecule has 6 aromatic heterocycles. The number of hydrogen-bond acceptors (Lipinski definition) is 26. The van der Waals surface area contributed by atoms with Crippen LogP contribution in [0.4, 0.5) is 9.59 Å². The Morgan fingerprint density at radius 2 is 0.877 bits per heavy atom. The number of alkyl carbamates (subject to hydrolysis) is 1. The van der Waals surface area contributed by atoms with Gasteiger partial charge in [0, 0.05) is 118 Å². The third-order valence-electron chi connectivity index (χ3n) is 22.6. The molecular weight excluding hydrogens is 1770 g/mol. The first-order valence-electron chi connectivity index (χ1n) is 43.8. The molecule has 11 amide bonds. The molecule has 5 N–H and O–H groups in total. The quantitative estimate of drug-likeness (QED) is 0.00793. The molecule has 33 nitrogen and oxygen atoms in total. The maximum absolute atomic E-state index is 14.5. The molecule has 8 aliphatic rings. The van der Waals surface area contributed by atoms with Gasteiger partial charge >= 0.3 is 12.1 Å². The van der Waals surface area contributed by atoms with Crippen LogP contribution in [0.15, 0.2) is 220 Å². The first-order chi connectivity index (χ1) is 63.1. The Hall–Kier alpha value is -11.4. The molecule has 0 spiro atoms. The van der Waals surface area contributed by atoms with E-state index < -0.39 is 102 Å². The summed E-state index contributed by atoms with van der Waals surface area (Å²) in [5.74, 6) is -7.67. The fourth-order valence-corrected chi connectivity index (χ4v) is 17.7. The van der Waals surface area contributed by atoms with Crippen LogP contribution in [0.3, 0.4) is 0 Å². The molecule has 0 saturated carbocycles. The van der Waals surface area contributed by atoms with Gasteiger partial charge in [0.15, 0.2) is 0 Å². The number of nitrogens with one attached hydrogen (secondary N) is 5. The summed E-state index contributed by atoms with van der Waals surface area (Å²) in [4.78, 5) is 162. The van der Waals surface area contributed by atoms with Gasteiger partial charge in [-0.1, -0.05) is 117 Å². The van der Waals surface area contributed by atoms with Gasteiger partial charge in [-0.3, -0.25) is 83.0 Å². The van der Waals surface area contributed by atoms with Gasteiger partial charge in [-0.15, -0.1) is 6.58 Å². The van der Waals surface area contributed by atoms with E-state index in [1.165, 1.54) is 28.9 Å². The van der Waals surface area contributed by atoms with Crippen molar-refractivity contribution in [2.75, 3.05) is 118 Å². The standard InChI is InChI=1S/C69H89N9O19S.2C10H8N2.C6H7N.Ru/c1-3-5-28-76-63(82)56-47(16-15-43-11-7-6-8-12-43)96-49(57(56)64(76)83)19-20-51-59-58(66(85)78(67(59)86)29-34-92-39-38-90-32-26-72-61(80)44-21-23-70-24-22-44)50(97-51)18-17-48-55-54(46(4-2)95-48)62(81)77(65(55)84)30-35-93-40-41-94-69(88)73-27-33-91-37-36-89-31-25-71-53(79)14-10-9-13-52-60-45(42-98-52)74-68(87)75-60;2*1-3-7-11-9(5-1)10-6-2-4-8-12-10;1-6-2-4-7-5-3-6;/h4,6-8,11-12,15-24,45-52,54-60H,2-3,5,9-10,13-14,25-42H2,1H3,(H,71,79)(H,72,80)(H,73,88)(H2,74,75,87);2*1-8H;2-5H,1H3;/b16-15+,18-17-,20-19-;;;;. The molecule has 15 atom stereocenters. The number of thioether (sulfide) groups is 1. The van der Waals surface area contributed by atoms with E-state index >= 15 is 0 Å². The number of carbonyl (C=O) groups excluding carboxylic acids is 10. The zero-order valence-corrected chi connectivity index (χ0v) is 75.2. The van der Waals surface area contributed by atoms with Gasteiger partial charge in [-0.25, -0.2) is 9.59 Å². The summed E-state index contributed by atoms with van der Waals surface area (Å²) in [6, 6.07) is 40.1. The molecule has 7 aromatic rings. The van der Waals surface area contributed by atoms with Crippen LogP contribution in [0.25, 0.3) is 28.9 Å². The number of unbranched alkanes of at least 4 members (excludes halogenated alkanes) is 2. The number of aryl methyl sites for hydroxylation is 1. The summed E-state index contributed by atoms with van der Waals surface area (Å²) in [5, 5.41) is 14.5. The van der Waals surface area contributed by atoms with Gasteiger partial charge < -0.3 is 69.2 Å². The summed E-state index contributed by atoms with van der Waals surface area (Å²) in [7, 11) is 0. The molecule has 0 radical (unpaired) electrons. The van der Waals surface area contributed by atoms with Crippen LogP contribution in [-0.2, 0) is 95.7 Å². The molecule has 14 heterocycles. The van der Waals surface area contributed by atoms with E-state index in [0.717, 1.165) is 69.6 Å². The summed E-state index contributed by atoms with van der Waals surface area (Å²) in [5.41, 5.74) is 6.27. The van der Waals surface area contributed by atoms with Crippen LogP contribution in [0, 0.1) is 42.4 Å². The predicted octanol–water partition coefficient (Wildman–Crippen LogP) is 8.06. The molecule has 690 valence electrons. The van der Waals surface area contributed by atoms with Gasteiger partial charge in [0.1, 0.15) is 6.61 Å². The maximum Gasteiger partial charge on any atom is 0.407 e. The van der Waals surface area contributed by atoms with Crippen molar-refractivity contribution in [2.24, 2.45) is 35.5 Å². The Balaban J connectivity index is 0.000000422. The smallest absolute Gasteiger partial charge is 0.407 e. The van der Waals surface area contributed by atoms with Crippen LogP contribution < -0.4 is 26.6 Å². The number of amides is 11. The first-order valence-corrected chi connectivity index (χ1v) is 44.8. The number of ether oxygens (including phenoxy) is 9. The molecule has 1 aromatic carbocycles. The van der Waals surface area contributed by atoms with Gasteiger partial charge in [0.2, 0.25) is 41.4 Å². The number of nitrogens with zero attached hydrogens (tertiary/aromatic N) is 9. The number of fused-ring (bicyclic) bond motifs is 4. The van der Waals surface area contributed by atoms with Crippen LogP contribution in [0.1, 0.15) is 66.9 Å². The van der Waals surface area contributed by atoms with Crippen molar-refractivity contribution in [1.29, 1.82) is 0 Å². The SMILES string of the molecule is C=CC1OC(/C=C\C2OC(/C=C\C3OC(/C=C/c4ccccc4)C4C(=O)N(CCCC)C(=O)C34)C3C(=O)N(CCOCCOCCNC(=O)c4ccncc4)C(=O)C23)C2C(=O)N(CCOCCOC(=O)NCCOCCOCCNC(=O)CCCCC3SCC4NC(=O)NC43)C(=O)C12.Cc1ccncc1.[Ru].c1ccc(-c2ccccn2)nc1.c1ccc(-c2ccccn2)nc1. The predicted molar refractivity (Wildman–Crippen MR) is 477 cm³/mol. The molecule has 0 bridgehead atoms. The number of hydrogen-bond donors (Lipinski definition) is 5. The van der Waals surface area contributed by atoms with E-state index in [0.29, 0.717) is 43.4 Å². The Morgan fingerprint density at radius 1 is 0.462 bits per heavy atom. The molecule has 8 fully saturated rings. The largest absolute Gasteiger partial charge is 0.447 e. The van der Waals surface area contributed by atoms with E-state index in [1.54, 1.807) is 79.7 Å². The van der Waals surface area contributed by atoms with E-state index in [9.17, 15) is 47.9 Å². The summed E-state index contributed by atoms with van der Waals surface area (Å²) < 4.78 is 52.6. The van der Waals surface area contributed by atoms with Crippen molar-refractivity contribution in [3.63, 3.8) is 0 Å². The number of likely N-dealkylation sites (tertiary alicyclic amines) is 3. The Kier molecular flexibility index (Phi) is 40.0. The number of rotatable bonds is 42. The van der Waals surface area contributed by atoms with Crippen molar-refractivity contribution < 1.29 is 110 Å². The zero-order chi connectivity index (χ0) is 90.5. The number of pyridine rings is 6. The summed E-state index contributed by atoms with van der Waals surface area (Å²) in [6.45, 7) is 10.2. The Bertz CT molecular complexity index is 4730. The monoisotopic (exact) mass is 1890 g/mol. The minimum Gasteiger partial charge on any atom is -0.447 e. The normalized spacial score (nSPS) is 23.8. The second-order valence-corrected chi connectivity index (χ2v) is 32.5.